The first-order chi connectivity index (χ1) is 6.19. The summed E-state index contributed by atoms with van der Waals surface area (Å²) in [7, 11) is 0. The standard InChI is InChI=1S/C10H20N2S/c1-8-5-12(6-8)10(7-11)3-4-13-9(10)2/h8-9H,3-7,11H2,1-2H3. The molecule has 0 saturated carbocycles. The van der Waals surface area contributed by atoms with Gasteiger partial charge in [-0.25, -0.2) is 0 Å². The summed E-state index contributed by atoms with van der Waals surface area (Å²) in [6.45, 7) is 8.04. The van der Waals surface area contributed by atoms with E-state index >= 15 is 0 Å². The fourth-order valence-electron chi connectivity index (χ4n) is 2.65. The van der Waals surface area contributed by atoms with E-state index < -0.39 is 0 Å². The first-order valence-electron chi connectivity index (χ1n) is 5.26. The maximum atomic E-state index is 5.96. The molecule has 2 nitrogen and oxygen atoms in total. The Morgan fingerprint density at radius 2 is 2.15 bits per heavy atom. The Kier molecular flexibility index (Phi) is 2.60. The molecule has 2 unspecified atom stereocenters. The lowest BCUT2D eigenvalue weighted by molar-refractivity contribution is -0.00199. The van der Waals surface area contributed by atoms with Gasteiger partial charge in [0.1, 0.15) is 0 Å². The van der Waals surface area contributed by atoms with E-state index in [1.54, 1.807) is 0 Å². The number of hydrogen-bond donors (Lipinski definition) is 1. The van der Waals surface area contributed by atoms with Crippen LogP contribution < -0.4 is 5.73 Å². The van der Waals surface area contributed by atoms with Gasteiger partial charge in [0.2, 0.25) is 0 Å². The van der Waals surface area contributed by atoms with E-state index in [1.807, 2.05) is 0 Å². The van der Waals surface area contributed by atoms with E-state index in [-0.39, 0.29) is 0 Å². The molecule has 76 valence electrons. The SMILES string of the molecule is CC1CN(C2(CN)CCSC2C)C1. The van der Waals surface area contributed by atoms with Crippen LogP contribution >= 0.6 is 11.8 Å². The van der Waals surface area contributed by atoms with E-state index in [0.717, 1.165) is 17.7 Å². The van der Waals surface area contributed by atoms with Gasteiger partial charge < -0.3 is 5.73 Å². The molecule has 13 heavy (non-hydrogen) atoms. The van der Waals surface area contributed by atoms with E-state index in [9.17, 15) is 0 Å². The number of thioether (sulfide) groups is 1. The van der Waals surface area contributed by atoms with E-state index in [2.05, 4.69) is 30.5 Å². The molecule has 2 fully saturated rings. The fraction of sp³-hybridized carbons (Fsp3) is 1.00. The van der Waals surface area contributed by atoms with Crippen molar-refractivity contribution >= 4 is 11.8 Å². The number of hydrogen-bond acceptors (Lipinski definition) is 3. The molecule has 0 spiro atoms. The van der Waals surface area contributed by atoms with Gasteiger partial charge in [-0.2, -0.15) is 11.8 Å². The first kappa shape index (κ1) is 9.81. The van der Waals surface area contributed by atoms with Crippen molar-refractivity contribution in [3.05, 3.63) is 0 Å². The van der Waals surface area contributed by atoms with E-state index in [4.69, 9.17) is 5.73 Å². The molecule has 2 aliphatic heterocycles. The van der Waals surface area contributed by atoms with Gasteiger partial charge in [-0.1, -0.05) is 13.8 Å². The Morgan fingerprint density at radius 1 is 1.46 bits per heavy atom. The van der Waals surface area contributed by atoms with Crippen LogP contribution in [0.3, 0.4) is 0 Å². The van der Waals surface area contributed by atoms with Crippen LogP contribution in [0.15, 0.2) is 0 Å². The highest BCUT2D eigenvalue weighted by Crippen LogP contribution is 2.42. The van der Waals surface area contributed by atoms with E-state index in [1.165, 1.54) is 25.3 Å². The average Bonchev–Trinajstić information content (AvgIpc) is 2.43. The largest absolute Gasteiger partial charge is 0.329 e. The highest BCUT2D eigenvalue weighted by molar-refractivity contribution is 8.00. The predicted octanol–water partition coefficient (Wildman–Crippen LogP) is 1.16. The second-order valence-corrected chi connectivity index (χ2v) is 6.03. The predicted molar refractivity (Wildman–Crippen MR) is 59.1 cm³/mol. The maximum Gasteiger partial charge on any atom is 0.0455 e. The molecule has 2 rings (SSSR count). The van der Waals surface area contributed by atoms with Crippen LogP contribution in [0.25, 0.3) is 0 Å². The zero-order valence-electron chi connectivity index (χ0n) is 8.62. The van der Waals surface area contributed by atoms with Crippen LogP contribution in [-0.4, -0.2) is 41.1 Å². The zero-order valence-corrected chi connectivity index (χ0v) is 9.44. The number of rotatable bonds is 2. The van der Waals surface area contributed by atoms with Gasteiger partial charge in [0.15, 0.2) is 0 Å². The molecule has 0 amide bonds. The summed E-state index contributed by atoms with van der Waals surface area (Å²) in [6, 6.07) is 0. The van der Waals surface area contributed by atoms with Gasteiger partial charge in [-0.05, 0) is 18.1 Å². The normalized spacial score (nSPS) is 42.2. The molecule has 0 bridgehead atoms. The van der Waals surface area contributed by atoms with Crippen LogP contribution in [0.4, 0.5) is 0 Å². The number of likely N-dealkylation sites (tertiary alicyclic amines) is 1. The Balaban J connectivity index is 2.06. The van der Waals surface area contributed by atoms with Crippen LogP contribution in [0.1, 0.15) is 20.3 Å². The van der Waals surface area contributed by atoms with Crippen molar-refractivity contribution < 1.29 is 0 Å². The van der Waals surface area contributed by atoms with Crippen molar-refractivity contribution in [3.8, 4) is 0 Å². The third kappa shape index (κ3) is 1.41. The van der Waals surface area contributed by atoms with Crippen LogP contribution in [0.5, 0.6) is 0 Å². The summed E-state index contributed by atoms with van der Waals surface area (Å²) < 4.78 is 0. The number of nitrogens with two attached hydrogens (primary N) is 1. The minimum Gasteiger partial charge on any atom is -0.329 e. The Bertz CT molecular complexity index is 191. The van der Waals surface area contributed by atoms with Crippen molar-refractivity contribution in [1.29, 1.82) is 0 Å². The Morgan fingerprint density at radius 3 is 2.54 bits per heavy atom. The topological polar surface area (TPSA) is 29.3 Å². The van der Waals surface area contributed by atoms with Crippen molar-refractivity contribution in [2.45, 2.75) is 31.1 Å². The molecule has 0 aromatic carbocycles. The molecule has 2 N–H and O–H groups in total. The lowest BCUT2D eigenvalue weighted by Crippen LogP contribution is -2.64. The highest BCUT2D eigenvalue weighted by atomic mass is 32.2. The first-order valence-corrected chi connectivity index (χ1v) is 6.30. The monoisotopic (exact) mass is 200 g/mol. The van der Waals surface area contributed by atoms with Crippen LogP contribution in [0, 0.1) is 5.92 Å². The molecular formula is C10H20N2S. The van der Waals surface area contributed by atoms with Crippen LogP contribution in [-0.2, 0) is 0 Å². The lowest BCUT2D eigenvalue weighted by Gasteiger charge is -2.51. The molecule has 0 aromatic heterocycles. The van der Waals surface area contributed by atoms with Gasteiger partial charge in [-0.3, -0.25) is 4.90 Å². The molecule has 2 aliphatic rings. The summed E-state index contributed by atoms with van der Waals surface area (Å²) in [5.41, 5.74) is 6.30. The van der Waals surface area contributed by atoms with Crippen LogP contribution in [0.2, 0.25) is 0 Å². The maximum absolute atomic E-state index is 5.96. The second-order valence-electron chi connectivity index (χ2n) is 4.58. The summed E-state index contributed by atoms with van der Waals surface area (Å²) in [5.74, 6) is 2.18. The molecule has 2 atom stereocenters. The molecule has 3 heteroatoms. The molecular weight excluding hydrogens is 180 g/mol. The number of nitrogens with zero attached hydrogens (tertiary/aromatic N) is 1. The average molecular weight is 200 g/mol. The lowest BCUT2D eigenvalue weighted by atomic mass is 9.85. The molecule has 2 saturated heterocycles. The minimum absolute atomic E-state index is 0.344. The van der Waals surface area contributed by atoms with E-state index in [0.29, 0.717) is 5.54 Å². The van der Waals surface area contributed by atoms with Crippen molar-refractivity contribution in [2.24, 2.45) is 11.7 Å². The van der Waals surface area contributed by atoms with Crippen molar-refractivity contribution in [2.75, 3.05) is 25.4 Å². The minimum atomic E-state index is 0.344. The molecule has 0 aliphatic carbocycles. The summed E-state index contributed by atoms with van der Waals surface area (Å²) in [5, 5.41) is 0.727. The van der Waals surface area contributed by atoms with Gasteiger partial charge in [0, 0.05) is 30.4 Å². The summed E-state index contributed by atoms with van der Waals surface area (Å²) in [4.78, 5) is 2.61. The molecule has 0 radical (unpaired) electrons. The van der Waals surface area contributed by atoms with Gasteiger partial charge in [-0.15, -0.1) is 0 Å². The van der Waals surface area contributed by atoms with Crippen molar-refractivity contribution in [1.82, 2.24) is 4.90 Å². The fourth-order valence-corrected chi connectivity index (χ4v) is 4.14. The smallest absolute Gasteiger partial charge is 0.0455 e. The third-order valence-corrected chi connectivity index (χ3v) is 5.09. The quantitative estimate of drug-likeness (QED) is 0.725. The van der Waals surface area contributed by atoms with Crippen molar-refractivity contribution in [3.63, 3.8) is 0 Å². The van der Waals surface area contributed by atoms with Gasteiger partial charge >= 0.3 is 0 Å². The summed E-state index contributed by atoms with van der Waals surface area (Å²) >= 11 is 2.09. The van der Waals surface area contributed by atoms with Gasteiger partial charge in [0.05, 0.1) is 0 Å². The van der Waals surface area contributed by atoms with Gasteiger partial charge in [0.25, 0.3) is 0 Å². The molecule has 2 heterocycles. The zero-order chi connectivity index (χ0) is 9.47. The third-order valence-electron chi connectivity index (χ3n) is 3.71. The second kappa shape index (κ2) is 3.44. The summed E-state index contributed by atoms with van der Waals surface area (Å²) in [6.07, 6.45) is 1.29. The Hall–Kier alpha value is 0.270. The Labute approximate surface area is 85.2 Å². The molecule has 0 aromatic rings. The highest BCUT2D eigenvalue weighted by Gasteiger charge is 2.47.